The summed E-state index contributed by atoms with van der Waals surface area (Å²) in [5.74, 6) is -1.32. The first-order valence-corrected chi connectivity index (χ1v) is 10.7. The second kappa shape index (κ2) is 8.10. The van der Waals surface area contributed by atoms with Gasteiger partial charge in [-0.05, 0) is 48.6 Å². The fraction of sp³-hybridized carbons (Fsp3) is 0.353. The van der Waals surface area contributed by atoms with Crippen molar-refractivity contribution in [2.24, 2.45) is 5.92 Å². The predicted molar refractivity (Wildman–Crippen MR) is 97.6 cm³/mol. The van der Waals surface area contributed by atoms with Crippen molar-refractivity contribution in [3.05, 3.63) is 41.8 Å². The van der Waals surface area contributed by atoms with E-state index < -0.39 is 28.1 Å². The molecule has 1 amide bonds. The lowest BCUT2D eigenvalue weighted by Gasteiger charge is -2.30. The molecule has 1 aromatic carbocycles. The summed E-state index contributed by atoms with van der Waals surface area (Å²) in [7, 11) is -3.63. The largest absolute Gasteiger partial charge is 0.573 e. The highest BCUT2D eigenvalue weighted by molar-refractivity contribution is 7.91. The van der Waals surface area contributed by atoms with Crippen LogP contribution in [-0.4, -0.2) is 38.1 Å². The number of halogens is 3. The lowest BCUT2D eigenvalue weighted by molar-refractivity contribution is -0.274. The van der Waals surface area contributed by atoms with Crippen molar-refractivity contribution in [3.63, 3.8) is 0 Å². The summed E-state index contributed by atoms with van der Waals surface area (Å²) in [5, 5.41) is 4.29. The number of nitrogens with zero attached hydrogens (tertiary/aromatic N) is 1. The highest BCUT2D eigenvalue weighted by Crippen LogP contribution is 2.28. The Kier molecular flexibility index (Phi) is 5.96. The van der Waals surface area contributed by atoms with Gasteiger partial charge in [-0.2, -0.15) is 4.31 Å². The van der Waals surface area contributed by atoms with Crippen molar-refractivity contribution in [1.82, 2.24) is 4.31 Å². The molecular formula is C17H17F3N2O4S2. The van der Waals surface area contributed by atoms with Gasteiger partial charge in [-0.15, -0.1) is 24.5 Å². The Hall–Kier alpha value is -2.11. The number of anilines is 1. The number of hydrogen-bond donors (Lipinski definition) is 1. The van der Waals surface area contributed by atoms with Crippen molar-refractivity contribution in [2.75, 3.05) is 18.4 Å². The second-order valence-corrected chi connectivity index (χ2v) is 9.31. The van der Waals surface area contributed by atoms with Gasteiger partial charge in [0.05, 0.1) is 5.92 Å². The third-order valence-electron chi connectivity index (χ3n) is 4.20. The van der Waals surface area contributed by atoms with Crippen molar-refractivity contribution in [2.45, 2.75) is 23.4 Å². The van der Waals surface area contributed by atoms with Crippen LogP contribution in [-0.2, 0) is 14.8 Å². The van der Waals surface area contributed by atoms with E-state index >= 15 is 0 Å². The van der Waals surface area contributed by atoms with Gasteiger partial charge in [-0.3, -0.25) is 4.79 Å². The topological polar surface area (TPSA) is 75.7 Å². The molecule has 0 radical (unpaired) electrons. The van der Waals surface area contributed by atoms with E-state index in [0.29, 0.717) is 25.1 Å². The molecule has 1 aromatic heterocycles. The number of carbonyl (C=O) groups is 1. The fourth-order valence-electron chi connectivity index (χ4n) is 2.90. The summed E-state index contributed by atoms with van der Waals surface area (Å²) >= 11 is 1.12. The van der Waals surface area contributed by atoms with Gasteiger partial charge in [0.2, 0.25) is 5.91 Å². The zero-order valence-corrected chi connectivity index (χ0v) is 16.1. The molecule has 2 aromatic rings. The Morgan fingerprint density at radius 3 is 2.54 bits per heavy atom. The quantitative estimate of drug-likeness (QED) is 0.779. The highest BCUT2D eigenvalue weighted by atomic mass is 32.2. The summed E-state index contributed by atoms with van der Waals surface area (Å²) in [6.45, 7) is 0.398. The van der Waals surface area contributed by atoms with Crippen LogP contribution in [0.2, 0.25) is 0 Å². The number of rotatable bonds is 5. The molecule has 3 rings (SSSR count). The number of sulfonamides is 1. The van der Waals surface area contributed by atoms with E-state index in [-0.39, 0.29) is 16.7 Å². The first kappa shape index (κ1) is 20.6. The number of hydrogen-bond acceptors (Lipinski definition) is 5. The van der Waals surface area contributed by atoms with E-state index in [1.165, 1.54) is 22.5 Å². The molecule has 0 bridgehead atoms. The van der Waals surface area contributed by atoms with E-state index in [9.17, 15) is 26.4 Å². The maximum absolute atomic E-state index is 12.6. The molecular weight excluding hydrogens is 417 g/mol. The first-order valence-electron chi connectivity index (χ1n) is 8.35. The van der Waals surface area contributed by atoms with Gasteiger partial charge in [0.1, 0.15) is 9.96 Å². The van der Waals surface area contributed by atoms with Gasteiger partial charge >= 0.3 is 6.36 Å². The summed E-state index contributed by atoms with van der Waals surface area (Å²) in [4.78, 5) is 12.5. The van der Waals surface area contributed by atoms with Crippen LogP contribution in [0.5, 0.6) is 5.75 Å². The van der Waals surface area contributed by atoms with E-state index in [1.54, 1.807) is 11.4 Å². The minimum Gasteiger partial charge on any atom is -0.406 e. The molecule has 11 heteroatoms. The van der Waals surface area contributed by atoms with E-state index in [2.05, 4.69) is 10.1 Å². The summed E-state index contributed by atoms with van der Waals surface area (Å²) in [5.41, 5.74) is 0.303. The van der Waals surface area contributed by atoms with Crippen LogP contribution in [0.1, 0.15) is 12.8 Å². The van der Waals surface area contributed by atoms with Crippen LogP contribution in [0.25, 0.3) is 0 Å². The molecule has 1 fully saturated rings. The Morgan fingerprint density at radius 2 is 1.93 bits per heavy atom. The number of alkyl halides is 3. The molecule has 1 aliphatic rings. The smallest absolute Gasteiger partial charge is 0.406 e. The minimum absolute atomic E-state index is 0.0569. The van der Waals surface area contributed by atoms with Crippen LogP contribution >= 0.6 is 11.3 Å². The number of thiophene rings is 1. The number of nitrogens with one attached hydrogen (secondary N) is 1. The van der Waals surface area contributed by atoms with Crippen LogP contribution in [0.15, 0.2) is 46.0 Å². The SMILES string of the molecule is O=C(Nc1ccc(OC(F)(F)F)cc1)[C@H]1CCCN(S(=O)(=O)c2cccs2)C1. The molecule has 0 spiro atoms. The molecule has 0 saturated carbocycles. The Labute approximate surface area is 164 Å². The van der Waals surface area contributed by atoms with Gasteiger partial charge < -0.3 is 10.1 Å². The van der Waals surface area contributed by atoms with Gasteiger partial charge in [-0.25, -0.2) is 8.42 Å². The fourth-order valence-corrected chi connectivity index (χ4v) is 5.56. The van der Waals surface area contributed by atoms with Gasteiger partial charge in [-0.1, -0.05) is 6.07 Å². The third kappa shape index (κ3) is 5.03. The zero-order chi connectivity index (χ0) is 20.4. The molecule has 28 heavy (non-hydrogen) atoms. The molecule has 2 heterocycles. The summed E-state index contributed by atoms with van der Waals surface area (Å²) in [6, 6.07) is 7.95. The molecule has 6 nitrogen and oxygen atoms in total. The first-order chi connectivity index (χ1) is 13.1. The zero-order valence-electron chi connectivity index (χ0n) is 14.5. The Balaban J connectivity index is 1.63. The van der Waals surface area contributed by atoms with Crippen molar-refractivity contribution < 1.29 is 31.1 Å². The highest BCUT2D eigenvalue weighted by Gasteiger charge is 2.34. The lowest BCUT2D eigenvalue weighted by Crippen LogP contribution is -2.43. The summed E-state index contributed by atoms with van der Waals surface area (Å²) in [6.07, 6.45) is -3.72. The predicted octanol–water partition coefficient (Wildman–Crippen LogP) is 3.69. The van der Waals surface area contributed by atoms with E-state index in [1.807, 2.05) is 0 Å². The molecule has 1 aliphatic heterocycles. The van der Waals surface area contributed by atoms with Gasteiger partial charge in [0.25, 0.3) is 10.0 Å². The maximum atomic E-state index is 12.6. The standard InChI is InChI=1S/C17H17F3N2O4S2/c18-17(19,20)26-14-7-5-13(6-8-14)21-16(23)12-3-1-9-22(11-12)28(24,25)15-4-2-10-27-15/h2,4-8,10,12H,1,3,9,11H2,(H,21,23)/t12-/m0/s1. The van der Waals surface area contributed by atoms with Crippen LogP contribution < -0.4 is 10.1 Å². The average molecular weight is 434 g/mol. The Bertz CT molecular complexity index is 913. The molecule has 1 saturated heterocycles. The van der Waals surface area contributed by atoms with Crippen molar-refractivity contribution in [3.8, 4) is 5.75 Å². The summed E-state index contributed by atoms with van der Waals surface area (Å²) < 4.78 is 67.1. The molecule has 1 atom stereocenters. The van der Waals surface area contributed by atoms with Crippen molar-refractivity contribution >= 4 is 33.0 Å². The number of carbonyl (C=O) groups excluding carboxylic acids is 1. The molecule has 152 valence electrons. The minimum atomic E-state index is -4.79. The monoisotopic (exact) mass is 434 g/mol. The van der Waals surface area contributed by atoms with Crippen LogP contribution in [0, 0.1) is 5.92 Å². The van der Waals surface area contributed by atoms with E-state index in [4.69, 9.17) is 0 Å². The van der Waals surface area contributed by atoms with Crippen LogP contribution in [0.4, 0.5) is 18.9 Å². The maximum Gasteiger partial charge on any atom is 0.573 e. The van der Waals surface area contributed by atoms with Gasteiger partial charge in [0.15, 0.2) is 0 Å². The normalized spacial score (nSPS) is 18.6. The number of ether oxygens (including phenoxy) is 1. The molecule has 0 unspecified atom stereocenters. The lowest BCUT2D eigenvalue weighted by atomic mass is 9.99. The molecule has 0 aliphatic carbocycles. The van der Waals surface area contributed by atoms with Gasteiger partial charge in [0, 0.05) is 18.8 Å². The van der Waals surface area contributed by atoms with Crippen LogP contribution in [0.3, 0.4) is 0 Å². The van der Waals surface area contributed by atoms with E-state index in [0.717, 1.165) is 23.5 Å². The number of amides is 1. The number of benzene rings is 1. The second-order valence-electron chi connectivity index (χ2n) is 6.20. The van der Waals surface area contributed by atoms with Crippen molar-refractivity contribution in [1.29, 1.82) is 0 Å². The Morgan fingerprint density at radius 1 is 1.21 bits per heavy atom. The number of piperidine rings is 1. The molecule has 1 N–H and O–H groups in total. The third-order valence-corrected chi connectivity index (χ3v) is 7.44. The average Bonchev–Trinajstić information content (AvgIpc) is 3.18.